The average Bonchev–Trinajstić information content (AvgIpc) is 2.74. The molecule has 1 aromatic rings. The summed E-state index contributed by atoms with van der Waals surface area (Å²) in [5.41, 5.74) is 0. The van der Waals surface area contributed by atoms with Gasteiger partial charge in [0.2, 0.25) is 0 Å². The third-order valence-electron chi connectivity index (χ3n) is 2.54. The van der Waals surface area contributed by atoms with Crippen LogP contribution in [0.15, 0.2) is 24.5 Å². The van der Waals surface area contributed by atoms with Gasteiger partial charge in [-0.25, -0.2) is 0 Å². The maximum absolute atomic E-state index is 2.54. The molecule has 1 aromatic heterocycles. The van der Waals surface area contributed by atoms with E-state index in [0.29, 0.717) is 0 Å². The molecule has 0 spiro atoms. The van der Waals surface area contributed by atoms with Crippen molar-refractivity contribution in [1.82, 2.24) is 9.47 Å². The smallest absolute Gasteiger partial charge is 0.0347 e. The highest BCUT2D eigenvalue weighted by molar-refractivity contribution is 4.90. The molecule has 1 fully saturated rings. The van der Waals surface area contributed by atoms with Crippen LogP contribution in [0.4, 0.5) is 0 Å². The van der Waals surface area contributed by atoms with Crippen molar-refractivity contribution < 1.29 is 0 Å². The van der Waals surface area contributed by atoms with Gasteiger partial charge in [-0.1, -0.05) is 0 Å². The second-order valence-electron chi connectivity index (χ2n) is 3.47. The lowest BCUT2D eigenvalue weighted by Crippen LogP contribution is -2.23. The Kier molecular flexibility index (Phi) is 2.47. The SMILES string of the molecule is c1ccn(CCN2CCCC2)c1. The molecule has 0 aliphatic carbocycles. The minimum absolute atomic E-state index is 1.15. The van der Waals surface area contributed by atoms with Gasteiger partial charge < -0.3 is 9.47 Å². The van der Waals surface area contributed by atoms with Crippen molar-refractivity contribution in [2.75, 3.05) is 19.6 Å². The van der Waals surface area contributed by atoms with E-state index in [1.54, 1.807) is 0 Å². The van der Waals surface area contributed by atoms with Crippen LogP contribution in [-0.4, -0.2) is 29.1 Å². The Labute approximate surface area is 73.8 Å². The first-order valence-corrected chi connectivity index (χ1v) is 4.78. The van der Waals surface area contributed by atoms with Gasteiger partial charge in [-0.2, -0.15) is 0 Å². The van der Waals surface area contributed by atoms with E-state index < -0.39 is 0 Å². The fourth-order valence-corrected chi connectivity index (χ4v) is 1.78. The number of nitrogens with zero attached hydrogens (tertiary/aromatic N) is 2. The first kappa shape index (κ1) is 7.87. The zero-order valence-corrected chi connectivity index (χ0v) is 7.45. The minimum atomic E-state index is 1.15. The van der Waals surface area contributed by atoms with Crippen molar-refractivity contribution in [3.63, 3.8) is 0 Å². The van der Waals surface area contributed by atoms with E-state index in [1.807, 2.05) is 0 Å². The molecule has 1 saturated heterocycles. The monoisotopic (exact) mass is 164 g/mol. The van der Waals surface area contributed by atoms with Crippen LogP contribution in [-0.2, 0) is 6.54 Å². The molecule has 2 heterocycles. The van der Waals surface area contributed by atoms with E-state index in [4.69, 9.17) is 0 Å². The molecule has 0 aromatic carbocycles. The van der Waals surface area contributed by atoms with Gasteiger partial charge >= 0.3 is 0 Å². The second kappa shape index (κ2) is 3.76. The van der Waals surface area contributed by atoms with Crippen LogP contribution in [0.3, 0.4) is 0 Å². The molecule has 0 radical (unpaired) electrons. The van der Waals surface area contributed by atoms with Crippen LogP contribution in [0, 0.1) is 0 Å². The van der Waals surface area contributed by atoms with Crippen molar-refractivity contribution in [2.24, 2.45) is 0 Å². The molecule has 0 atom stereocenters. The molecular formula is C10H16N2. The van der Waals surface area contributed by atoms with Crippen LogP contribution in [0.25, 0.3) is 0 Å². The van der Waals surface area contributed by atoms with Crippen LogP contribution in [0.1, 0.15) is 12.8 Å². The van der Waals surface area contributed by atoms with E-state index in [1.165, 1.54) is 32.5 Å². The molecule has 2 rings (SSSR count). The summed E-state index contributed by atoms with van der Waals surface area (Å²) in [6.07, 6.45) is 7.06. The molecule has 0 N–H and O–H groups in total. The molecule has 0 unspecified atom stereocenters. The first-order valence-electron chi connectivity index (χ1n) is 4.78. The zero-order valence-electron chi connectivity index (χ0n) is 7.45. The maximum atomic E-state index is 2.54. The zero-order chi connectivity index (χ0) is 8.23. The normalized spacial score (nSPS) is 18.7. The number of aromatic nitrogens is 1. The number of rotatable bonds is 3. The van der Waals surface area contributed by atoms with Gasteiger partial charge in [-0.05, 0) is 38.1 Å². The summed E-state index contributed by atoms with van der Waals surface area (Å²) in [6, 6.07) is 4.17. The Morgan fingerprint density at radius 3 is 2.25 bits per heavy atom. The summed E-state index contributed by atoms with van der Waals surface area (Å²) in [4.78, 5) is 2.54. The molecule has 0 saturated carbocycles. The summed E-state index contributed by atoms with van der Waals surface area (Å²) < 4.78 is 2.25. The van der Waals surface area contributed by atoms with Crippen molar-refractivity contribution in [3.05, 3.63) is 24.5 Å². The Balaban J connectivity index is 1.74. The lowest BCUT2D eigenvalue weighted by molar-refractivity contribution is 0.323. The quantitative estimate of drug-likeness (QED) is 0.658. The Bertz CT molecular complexity index is 210. The van der Waals surface area contributed by atoms with Crippen molar-refractivity contribution in [3.8, 4) is 0 Å². The Hall–Kier alpha value is -0.760. The third-order valence-corrected chi connectivity index (χ3v) is 2.54. The van der Waals surface area contributed by atoms with Crippen LogP contribution >= 0.6 is 0 Å². The summed E-state index contributed by atoms with van der Waals surface area (Å²) in [7, 11) is 0. The first-order chi connectivity index (χ1) is 5.95. The number of hydrogen-bond acceptors (Lipinski definition) is 1. The highest BCUT2D eigenvalue weighted by Crippen LogP contribution is 2.06. The molecule has 0 bridgehead atoms. The van der Waals surface area contributed by atoms with Crippen molar-refractivity contribution in [1.29, 1.82) is 0 Å². The summed E-state index contributed by atoms with van der Waals surface area (Å²) in [5, 5.41) is 0. The molecular weight excluding hydrogens is 148 g/mol. The van der Waals surface area contributed by atoms with Crippen molar-refractivity contribution in [2.45, 2.75) is 19.4 Å². The standard InChI is InChI=1S/C10H16N2/c1-2-6-11(5-1)9-10-12-7-3-4-8-12/h1-2,5-6H,3-4,7-10H2. The molecule has 2 heteroatoms. The summed E-state index contributed by atoms with van der Waals surface area (Å²) in [5.74, 6) is 0. The van der Waals surface area contributed by atoms with Gasteiger partial charge in [0.05, 0.1) is 0 Å². The lowest BCUT2D eigenvalue weighted by Gasteiger charge is -2.14. The summed E-state index contributed by atoms with van der Waals surface area (Å²) in [6.45, 7) is 4.98. The number of likely N-dealkylation sites (tertiary alicyclic amines) is 1. The predicted octanol–water partition coefficient (Wildman–Crippen LogP) is 1.58. The van der Waals surface area contributed by atoms with E-state index in [2.05, 4.69) is 34.0 Å². The molecule has 66 valence electrons. The maximum Gasteiger partial charge on any atom is 0.0347 e. The van der Waals surface area contributed by atoms with Gasteiger partial charge in [0.1, 0.15) is 0 Å². The summed E-state index contributed by atoms with van der Waals surface area (Å²) >= 11 is 0. The topological polar surface area (TPSA) is 8.17 Å². The largest absolute Gasteiger partial charge is 0.353 e. The third kappa shape index (κ3) is 1.89. The van der Waals surface area contributed by atoms with E-state index in [0.717, 1.165) is 6.54 Å². The van der Waals surface area contributed by atoms with Crippen molar-refractivity contribution >= 4 is 0 Å². The van der Waals surface area contributed by atoms with Crippen LogP contribution in [0.5, 0.6) is 0 Å². The van der Waals surface area contributed by atoms with Gasteiger partial charge in [0, 0.05) is 25.5 Å². The average molecular weight is 164 g/mol. The Morgan fingerprint density at radius 2 is 1.58 bits per heavy atom. The number of hydrogen-bond donors (Lipinski definition) is 0. The molecule has 12 heavy (non-hydrogen) atoms. The van der Waals surface area contributed by atoms with E-state index in [-0.39, 0.29) is 0 Å². The Morgan fingerprint density at radius 1 is 0.917 bits per heavy atom. The lowest BCUT2D eigenvalue weighted by atomic mass is 10.4. The fraction of sp³-hybridized carbons (Fsp3) is 0.600. The van der Waals surface area contributed by atoms with E-state index >= 15 is 0 Å². The second-order valence-corrected chi connectivity index (χ2v) is 3.47. The minimum Gasteiger partial charge on any atom is -0.353 e. The van der Waals surface area contributed by atoms with E-state index in [9.17, 15) is 0 Å². The fourth-order valence-electron chi connectivity index (χ4n) is 1.78. The van der Waals surface area contributed by atoms with Gasteiger partial charge in [0.15, 0.2) is 0 Å². The predicted molar refractivity (Wildman–Crippen MR) is 50.1 cm³/mol. The molecule has 1 aliphatic heterocycles. The van der Waals surface area contributed by atoms with Gasteiger partial charge in [0.25, 0.3) is 0 Å². The van der Waals surface area contributed by atoms with Gasteiger partial charge in [-0.15, -0.1) is 0 Å². The van der Waals surface area contributed by atoms with Crippen LogP contribution in [0.2, 0.25) is 0 Å². The van der Waals surface area contributed by atoms with Gasteiger partial charge in [-0.3, -0.25) is 0 Å². The molecule has 0 amide bonds. The highest BCUT2D eigenvalue weighted by atomic mass is 15.2. The highest BCUT2D eigenvalue weighted by Gasteiger charge is 2.09. The molecule has 1 aliphatic rings. The van der Waals surface area contributed by atoms with Crippen LogP contribution < -0.4 is 0 Å². The molecule has 2 nitrogen and oxygen atoms in total.